The standard InChI is InChI=1S/C10H6NS/c1-3-9-4-5-10(11-8-9)6-7-12-2/h1,4-5,8H,2H2/q+1. The van der Waals surface area contributed by atoms with Crippen molar-refractivity contribution in [2.75, 3.05) is 0 Å². The summed E-state index contributed by atoms with van der Waals surface area (Å²) in [5, 5.41) is 2.74. The summed E-state index contributed by atoms with van der Waals surface area (Å²) < 4.78 is 0. The zero-order chi connectivity index (χ0) is 8.81. The van der Waals surface area contributed by atoms with Crippen molar-refractivity contribution >= 4 is 17.2 Å². The van der Waals surface area contributed by atoms with Crippen LogP contribution in [0.3, 0.4) is 0 Å². The maximum absolute atomic E-state index is 5.16. The smallest absolute Gasteiger partial charge is 0.246 e. The van der Waals surface area contributed by atoms with E-state index in [2.05, 4.69) is 27.9 Å². The van der Waals surface area contributed by atoms with Crippen LogP contribution in [-0.2, 0) is 11.4 Å². The highest BCUT2D eigenvalue weighted by Crippen LogP contribution is 1.96. The summed E-state index contributed by atoms with van der Waals surface area (Å²) in [7, 11) is 0. The van der Waals surface area contributed by atoms with Crippen molar-refractivity contribution in [3.63, 3.8) is 0 Å². The number of hydrogen-bond donors (Lipinski definition) is 0. The number of terminal acetylenes is 1. The molecule has 0 aliphatic carbocycles. The third-order valence-corrected chi connectivity index (χ3v) is 1.43. The molecule has 0 bridgehead atoms. The van der Waals surface area contributed by atoms with E-state index in [0.29, 0.717) is 5.69 Å². The number of aromatic nitrogens is 1. The van der Waals surface area contributed by atoms with Crippen molar-refractivity contribution in [2.24, 2.45) is 0 Å². The summed E-state index contributed by atoms with van der Waals surface area (Å²) in [6, 6.07) is 3.60. The van der Waals surface area contributed by atoms with E-state index in [-0.39, 0.29) is 0 Å². The van der Waals surface area contributed by atoms with Crippen LogP contribution in [0.2, 0.25) is 0 Å². The molecule has 1 rings (SSSR count). The van der Waals surface area contributed by atoms with E-state index in [1.165, 1.54) is 11.4 Å². The summed E-state index contributed by atoms with van der Waals surface area (Å²) in [4.78, 5) is 4.03. The fraction of sp³-hybridized carbons (Fsp3) is 0. The van der Waals surface area contributed by atoms with Crippen molar-refractivity contribution in [3.05, 3.63) is 29.6 Å². The second kappa shape index (κ2) is 4.28. The highest BCUT2D eigenvalue weighted by Gasteiger charge is 1.89. The second-order valence-electron chi connectivity index (χ2n) is 1.95. The van der Waals surface area contributed by atoms with Gasteiger partial charge in [0, 0.05) is 17.7 Å². The van der Waals surface area contributed by atoms with E-state index < -0.39 is 0 Å². The predicted octanol–water partition coefficient (Wildman–Crippen LogP) is 0.887. The SMILES string of the molecule is C#Cc1ccc(C#C[S+]=C)nc1. The first kappa shape index (κ1) is 8.46. The molecule has 56 valence electrons. The first-order valence-corrected chi connectivity index (χ1v) is 4.20. The van der Waals surface area contributed by atoms with Gasteiger partial charge in [0.2, 0.25) is 5.25 Å². The minimum Gasteiger partial charge on any atom is -0.246 e. The number of hydrogen-bond acceptors (Lipinski definition) is 1. The Labute approximate surface area is 75.8 Å². The van der Waals surface area contributed by atoms with Gasteiger partial charge in [-0.2, -0.15) is 0 Å². The summed E-state index contributed by atoms with van der Waals surface area (Å²) in [5.74, 6) is 8.82. The molecule has 0 saturated carbocycles. The summed E-state index contributed by atoms with van der Waals surface area (Å²) in [6.45, 7) is 0. The average molecular weight is 172 g/mol. The molecule has 2 heteroatoms. The fourth-order valence-electron chi connectivity index (χ4n) is 0.642. The Hall–Kier alpha value is -1.64. The predicted molar refractivity (Wildman–Crippen MR) is 53.5 cm³/mol. The molecule has 0 aliphatic heterocycles. The van der Waals surface area contributed by atoms with Crippen LogP contribution in [0.1, 0.15) is 11.3 Å². The zero-order valence-electron chi connectivity index (χ0n) is 6.37. The van der Waals surface area contributed by atoms with Crippen LogP contribution in [-0.4, -0.2) is 10.9 Å². The highest BCUT2D eigenvalue weighted by atomic mass is 32.1. The van der Waals surface area contributed by atoms with E-state index in [9.17, 15) is 0 Å². The van der Waals surface area contributed by atoms with Gasteiger partial charge in [-0.3, -0.25) is 0 Å². The van der Waals surface area contributed by atoms with E-state index in [1.807, 2.05) is 6.07 Å². The molecule has 1 nitrogen and oxygen atoms in total. The molecular weight excluding hydrogens is 166 g/mol. The maximum Gasteiger partial charge on any atom is 0.272 e. The molecule has 0 N–H and O–H groups in total. The molecule has 0 aliphatic rings. The number of nitrogens with zero attached hydrogens (tertiary/aromatic N) is 1. The highest BCUT2D eigenvalue weighted by molar-refractivity contribution is 7.81. The van der Waals surface area contributed by atoms with Gasteiger partial charge in [-0.15, -0.1) is 6.42 Å². The third-order valence-electron chi connectivity index (χ3n) is 1.18. The van der Waals surface area contributed by atoms with Crippen LogP contribution in [0.5, 0.6) is 0 Å². The quantitative estimate of drug-likeness (QED) is 0.322. The number of rotatable bonds is 0. The van der Waals surface area contributed by atoms with Gasteiger partial charge in [-0.25, -0.2) is 4.98 Å². The average Bonchev–Trinajstić information content (AvgIpc) is 2.15. The third kappa shape index (κ3) is 2.20. The normalized spacial score (nSPS) is 7.58. The molecule has 0 fully saturated rings. The number of pyridine rings is 1. The lowest BCUT2D eigenvalue weighted by atomic mass is 10.3. The van der Waals surface area contributed by atoms with Crippen LogP contribution < -0.4 is 0 Å². The molecule has 12 heavy (non-hydrogen) atoms. The Morgan fingerprint density at radius 2 is 2.33 bits per heavy atom. The Bertz CT molecular complexity index is 373. The second-order valence-corrected chi connectivity index (χ2v) is 2.44. The lowest BCUT2D eigenvalue weighted by Crippen LogP contribution is -1.82. The van der Waals surface area contributed by atoms with E-state index in [4.69, 9.17) is 6.42 Å². The summed E-state index contributed by atoms with van der Waals surface area (Å²) >= 11 is 1.21. The van der Waals surface area contributed by atoms with Crippen LogP contribution >= 0.6 is 0 Å². The summed E-state index contributed by atoms with van der Waals surface area (Å²) in [6.07, 6.45) is 6.78. The first-order chi connectivity index (χ1) is 5.86. The Kier molecular flexibility index (Phi) is 3.02. The van der Waals surface area contributed by atoms with Crippen molar-refractivity contribution in [1.82, 2.24) is 4.98 Å². The van der Waals surface area contributed by atoms with Crippen LogP contribution in [0.15, 0.2) is 18.3 Å². The summed E-state index contributed by atoms with van der Waals surface area (Å²) in [5.41, 5.74) is 1.48. The maximum atomic E-state index is 5.16. The zero-order valence-corrected chi connectivity index (χ0v) is 7.19. The minimum absolute atomic E-state index is 0.713. The lowest BCUT2D eigenvalue weighted by Gasteiger charge is -1.88. The van der Waals surface area contributed by atoms with Crippen LogP contribution in [0.25, 0.3) is 0 Å². The molecule has 0 aromatic carbocycles. The van der Waals surface area contributed by atoms with Crippen molar-refractivity contribution in [1.29, 1.82) is 0 Å². The minimum atomic E-state index is 0.713. The largest absolute Gasteiger partial charge is 0.272 e. The van der Waals surface area contributed by atoms with Gasteiger partial charge in [0.1, 0.15) is 5.69 Å². The van der Waals surface area contributed by atoms with Crippen LogP contribution in [0, 0.1) is 23.5 Å². The lowest BCUT2D eigenvalue weighted by molar-refractivity contribution is 1.28. The van der Waals surface area contributed by atoms with E-state index in [0.717, 1.165) is 5.56 Å². The topological polar surface area (TPSA) is 12.9 Å². The monoisotopic (exact) mass is 172 g/mol. The fourth-order valence-corrected chi connectivity index (χ4v) is 0.818. The van der Waals surface area contributed by atoms with Crippen molar-refractivity contribution in [2.45, 2.75) is 0 Å². The van der Waals surface area contributed by atoms with E-state index >= 15 is 0 Å². The molecule has 0 amide bonds. The van der Waals surface area contributed by atoms with Gasteiger partial charge in [0.05, 0.1) is 0 Å². The van der Waals surface area contributed by atoms with Crippen molar-refractivity contribution < 1.29 is 0 Å². The van der Waals surface area contributed by atoms with Gasteiger partial charge in [-0.05, 0) is 12.1 Å². The molecule has 0 spiro atoms. The van der Waals surface area contributed by atoms with Crippen molar-refractivity contribution in [3.8, 4) is 23.5 Å². The molecule has 0 unspecified atom stereocenters. The van der Waals surface area contributed by atoms with Gasteiger partial charge in [0.15, 0.2) is 5.87 Å². The molecule has 1 aromatic rings. The molecule has 0 saturated heterocycles. The Morgan fingerprint density at radius 1 is 1.50 bits per heavy atom. The molecule has 1 aromatic heterocycles. The first-order valence-electron chi connectivity index (χ1n) is 3.21. The molecule has 0 radical (unpaired) electrons. The van der Waals surface area contributed by atoms with Gasteiger partial charge in [-0.1, -0.05) is 5.92 Å². The van der Waals surface area contributed by atoms with Gasteiger partial charge < -0.3 is 0 Å². The Balaban J connectivity index is 2.94. The van der Waals surface area contributed by atoms with Crippen LogP contribution in [0.4, 0.5) is 0 Å². The van der Waals surface area contributed by atoms with Gasteiger partial charge in [0.25, 0.3) is 11.4 Å². The van der Waals surface area contributed by atoms with Gasteiger partial charge >= 0.3 is 0 Å². The Morgan fingerprint density at radius 3 is 2.83 bits per heavy atom. The van der Waals surface area contributed by atoms with E-state index in [1.54, 1.807) is 12.3 Å². The molecule has 1 heterocycles. The molecular formula is C10H6NS+. The molecule has 0 atom stereocenters.